The molecule has 0 spiro atoms. The predicted molar refractivity (Wildman–Crippen MR) is 91.1 cm³/mol. The van der Waals surface area contributed by atoms with Gasteiger partial charge in [0.15, 0.2) is 0 Å². The zero-order chi connectivity index (χ0) is 16.7. The first-order valence-electron chi connectivity index (χ1n) is 8.16. The second kappa shape index (κ2) is 6.01. The smallest absolute Gasteiger partial charge is 0.244 e. The van der Waals surface area contributed by atoms with Crippen molar-refractivity contribution in [3.05, 3.63) is 35.2 Å². The van der Waals surface area contributed by atoms with Crippen molar-refractivity contribution in [3.8, 4) is 0 Å². The minimum Gasteiger partial charge on any atom is -0.340 e. The molecule has 4 heterocycles. The lowest BCUT2D eigenvalue weighted by Crippen LogP contribution is -2.41. The second-order valence-electron chi connectivity index (χ2n) is 6.33. The van der Waals surface area contributed by atoms with Gasteiger partial charge < -0.3 is 4.90 Å². The number of fused-ring (bicyclic) bond motifs is 1. The highest BCUT2D eigenvalue weighted by Gasteiger charge is 2.28. The number of aryl methyl sites for hydroxylation is 2. The maximum Gasteiger partial charge on any atom is 0.244 e. The Hall–Kier alpha value is -2.22. The third-order valence-electron chi connectivity index (χ3n) is 4.65. The molecule has 0 aliphatic carbocycles. The number of carbonyl (C=O) groups is 1. The van der Waals surface area contributed by atoms with E-state index in [9.17, 15) is 4.79 Å². The maximum atomic E-state index is 12.5. The second-order valence-corrected chi connectivity index (χ2v) is 7.19. The Labute approximate surface area is 143 Å². The third kappa shape index (κ3) is 2.60. The van der Waals surface area contributed by atoms with E-state index in [-0.39, 0.29) is 12.5 Å². The number of hydrogen-bond donors (Lipinski definition) is 0. The fourth-order valence-electron chi connectivity index (χ4n) is 3.50. The van der Waals surface area contributed by atoms with Crippen molar-refractivity contribution in [2.24, 2.45) is 0 Å². The van der Waals surface area contributed by atoms with Crippen LogP contribution in [0, 0.1) is 13.8 Å². The monoisotopic (exact) mass is 344 g/mol. The van der Waals surface area contributed by atoms with E-state index in [1.807, 2.05) is 11.8 Å². The molecule has 0 aromatic carbocycles. The lowest BCUT2D eigenvalue weighted by Gasteiger charge is -2.32. The van der Waals surface area contributed by atoms with E-state index in [0.717, 1.165) is 37.4 Å². The maximum absolute atomic E-state index is 12.5. The molecule has 1 atom stereocenters. The Morgan fingerprint density at radius 1 is 1.42 bits per heavy atom. The van der Waals surface area contributed by atoms with Gasteiger partial charge in [-0.2, -0.15) is 5.10 Å². The highest BCUT2D eigenvalue weighted by atomic mass is 32.1. The van der Waals surface area contributed by atoms with E-state index in [0.29, 0.717) is 5.92 Å². The molecule has 1 saturated heterocycles. The van der Waals surface area contributed by atoms with Crippen LogP contribution < -0.4 is 0 Å². The number of likely N-dealkylation sites (tertiary alicyclic amines) is 1. The van der Waals surface area contributed by atoms with Crippen LogP contribution >= 0.6 is 11.3 Å². The summed E-state index contributed by atoms with van der Waals surface area (Å²) < 4.78 is 3.80. The minimum atomic E-state index is 0.0970. The van der Waals surface area contributed by atoms with Crippen LogP contribution in [0.1, 0.15) is 36.0 Å². The summed E-state index contributed by atoms with van der Waals surface area (Å²) in [6.07, 6.45) is 5.12. The van der Waals surface area contributed by atoms with Gasteiger partial charge in [-0.25, -0.2) is 14.6 Å². The van der Waals surface area contributed by atoms with Crippen molar-refractivity contribution in [2.75, 3.05) is 13.1 Å². The summed E-state index contributed by atoms with van der Waals surface area (Å²) in [5, 5.41) is 6.19. The quantitative estimate of drug-likeness (QED) is 0.729. The molecule has 3 aromatic rings. The van der Waals surface area contributed by atoms with Gasteiger partial charge in [-0.15, -0.1) is 11.3 Å². The van der Waals surface area contributed by atoms with E-state index < -0.39 is 0 Å². The Balaban J connectivity index is 1.55. The molecule has 7 nitrogen and oxygen atoms in total. The van der Waals surface area contributed by atoms with E-state index in [1.165, 1.54) is 16.9 Å². The minimum absolute atomic E-state index is 0.0970. The van der Waals surface area contributed by atoms with Gasteiger partial charge in [-0.1, -0.05) is 0 Å². The first-order valence-corrected chi connectivity index (χ1v) is 9.04. The molecule has 3 aromatic heterocycles. The standard InChI is InChI=1S/C16H20N6OS/c1-11-8-24-16-15(19-12(2)22(11)16)13-4-3-5-20(6-13)14(23)7-21-10-17-9-18-21/h8-10,13H,3-7H2,1-2H3/t13-/m1/s1. The fourth-order valence-corrected chi connectivity index (χ4v) is 4.60. The molecule has 0 radical (unpaired) electrons. The first kappa shape index (κ1) is 15.3. The van der Waals surface area contributed by atoms with Gasteiger partial charge in [0.2, 0.25) is 5.91 Å². The van der Waals surface area contributed by atoms with Gasteiger partial charge in [0.25, 0.3) is 0 Å². The number of carbonyl (C=O) groups excluding carboxylic acids is 1. The van der Waals surface area contributed by atoms with Crippen LogP contribution in [-0.2, 0) is 11.3 Å². The molecule has 24 heavy (non-hydrogen) atoms. The SMILES string of the molecule is Cc1csc2c([C@@H]3CCCN(C(=O)Cn4cncn4)C3)nc(C)n12. The van der Waals surface area contributed by atoms with Crippen molar-refractivity contribution in [1.29, 1.82) is 0 Å². The summed E-state index contributed by atoms with van der Waals surface area (Å²) in [5.74, 6) is 1.43. The van der Waals surface area contributed by atoms with Gasteiger partial charge in [0.05, 0.1) is 5.69 Å². The Morgan fingerprint density at radius 2 is 2.29 bits per heavy atom. The van der Waals surface area contributed by atoms with Crippen molar-refractivity contribution in [2.45, 2.75) is 39.2 Å². The van der Waals surface area contributed by atoms with E-state index in [1.54, 1.807) is 22.3 Å². The largest absolute Gasteiger partial charge is 0.340 e. The average molecular weight is 344 g/mol. The number of rotatable bonds is 3. The Bertz CT molecular complexity index is 865. The van der Waals surface area contributed by atoms with Gasteiger partial charge in [-0.3, -0.25) is 9.20 Å². The van der Waals surface area contributed by atoms with Gasteiger partial charge >= 0.3 is 0 Å². The zero-order valence-electron chi connectivity index (χ0n) is 13.8. The molecular weight excluding hydrogens is 324 g/mol. The van der Waals surface area contributed by atoms with Crippen LogP contribution in [0.2, 0.25) is 0 Å². The molecule has 1 aliphatic heterocycles. The van der Waals surface area contributed by atoms with Crippen LogP contribution in [0.3, 0.4) is 0 Å². The van der Waals surface area contributed by atoms with Crippen LogP contribution in [0.15, 0.2) is 18.0 Å². The first-order chi connectivity index (χ1) is 11.6. The number of nitrogens with zero attached hydrogens (tertiary/aromatic N) is 6. The topological polar surface area (TPSA) is 68.3 Å². The normalized spacial score (nSPS) is 18.4. The molecule has 1 amide bonds. The third-order valence-corrected chi connectivity index (χ3v) is 5.72. The molecule has 4 rings (SSSR count). The van der Waals surface area contributed by atoms with Crippen molar-refractivity contribution >= 4 is 22.1 Å². The van der Waals surface area contributed by atoms with Crippen LogP contribution in [0.5, 0.6) is 0 Å². The molecule has 126 valence electrons. The number of piperidine rings is 1. The fraction of sp³-hybridized carbons (Fsp3) is 0.500. The number of amides is 1. The summed E-state index contributed by atoms with van der Waals surface area (Å²) >= 11 is 1.74. The van der Waals surface area contributed by atoms with Crippen molar-refractivity contribution < 1.29 is 4.79 Å². The van der Waals surface area contributed by atoms with Crippen LogP contribution in [-0.4, -0.2) is 48.0 Å². The van der Waals surface area contributed by atoms with E-state index >= 15 is 0 Å². The number of hydrogen-bond acceptors (Lipinski definition) is 5. The van der Waals surface area contributed by atoms with Crippen LogP contribution in [0.25, 0.3) is 4.83 Å². The lowest BCUT2D eigenvalue weighted by atomic mass is 9.95. The van der Waals surface area contributed by atoms with Crippen LogP contribution in [0.4, 0.5) is 0 Å². The summed E-state index contributed by atoms with van der Waals surface area (Å²) in [7, 11) is 0. The zero-order valence-corrected chi connectivity index (χ0v) is 14.7. The van der Waals surface area contributed by atoms with Gasteiger partial charge in [-0.05, 0) is 26.7 Å². The molecule has 0 N–H and O–H groups in total. The van der Waals surface area contributed by atoms with E-state index in [2.05, 4.69) is 26.8 Å². The molecule has 0 bridgehead atoms. The summed E-state index contributed by atoms with van der Waals surface area (Å²) in [4.78, 5) is 24.4. The Kier molecular flexibility index (Phi) is 3.84. The van der Waals surface area contributed by atoms with E-state index in [4.69, 9.17) is 4.98 Å². The molecule has 0 unspecified atom stereocenters. The average Bonchev–Trinajstić information content (AvgIpc) is 3.28. The lowest BCUT2D eigenvalue weighted by molar-refractivity contribution is -0.133. The molecular formula is C16H20N6OS. The van der Waals surface area contributed by atoms with Gasteiger partial charge in [0.1, 0.15) is 29.9 Å². The molecule has 1 fully saturated rings. The molecule has 8 heteroatoms. The Morgan fingerprint density at radius 3 is 3.08 bits per heavy atom. The summed E-state index contributed by atoms with van der Waals surface area (Å²) in [6.45, 7) is 5.95. The van der Waals surface area contributed by atoms with Crippen molar-refractivity contribution in [1.82, 2.24) is 29.0 Å². The number of thiazole rings is 1. The summed E-state index contributed by atoms with van der Waals surface area (Å²) in [5.41, 5.74) is 2.37. The summed E-state index contributed by atoms with van der Waals surface area (Å²) in [6, 6.07) is 0. The highest BCUT2D eigenvalue weighted by molar-refractivity contribution is 7.15. The highest BCUT2D eigenvalue weighted by Crippen LogP contribution is 2.33. The predicted octanol–water partition coefficient (Wildman–Crippen LogP) is 2.01. The molecule has 1 aliphatic rings. The number of aromatic nitrogens is 5. The van der Waals surface area contributed by atoms with Gasteiger partial charge in [0, 0.05) is 30.1 Å². The van der Waals surface area contributed by atoms with Crippen molar-refractivity contribution in [3.63, 3.8) is 0 Å². The molecule has 0 saturated carbocycles. The number of imidazole rings is 1.